The van der Waals surface area contributed by atoms with Gasteiger partial charge in [-0.3, -0.25) is 5.32 Å². The van der Waals surface area contributed by atoms with Gasteiger partial charge in [0, 0.05) is 18.3 Å². The van der Waals surface area contributed by atoms with Crippen molar-refractivity contribution in [3.8, 4) is 16.9 Å². The number of carbonyl (C=O) groups excluding carboxylic acids is 2. The smallest absolute Gasteiger partial charge is 0.550 e. The Balaban J connectivity index is 0.00000272. The van der Waals surface area contributed by atoms with Crippen LogP contribution < -0.4 is 44.7 Å². The van der Waals surface area contributed by atoms with Gasteiger partial charge in [-0.2, -0.15) is 0 Å². The van der Waals surface area contributed by atoms with Crippen LogP contribution in [-0.4, -0.2) is 25.8 Å². The Morgan fingerprint density at radius 3 is 2.16 bits per heavy atom. The average molecular weight is 425 g/mol. The zero-order valence-corrected chi connectivity index (χ0v) is 19.4. The van der Waals surface area contributed by atoms with Gasteiger partial charge in [-0.05, 0) is 39.9 Å². The van der Waals surface area contributed by atoms with Crippen LogP contribution in [0.1, 0.15) is 22.6 Å². The van der Waals surface area contributed by atoms with Crippen molar-refractivity contribution in [1.82, 2.24) is 0 Å². The summed E-state index contributed by atoms with van der Waals surface area (Å²) < 4.78 is 10.8. The van der Waals surface area contributed by atoms with Crippen molar-refractivity contribution in [3.63, 3.8) is 0 Å². The Kier molecular flexibility index (Phi) is 7.38. The zero-order valence-electron chi connectivity index (χ0n) is 17.4. The predicted molar refractivity (Wildman–Crippen MR) is 110 cm³/mol. The molecule has 0 saturated carbocycles. The van der Waals surface area contributed by atoms with Gasteiger partial charge in [0.05, 0.1) is 12.8 Å². The number of aliphatic carboxylic acids is 1. The average Bonchev–Trinajstić information content (AvgIpc) is 3.07. The molecule has 152 valence electrons. The minimum atomic E-state index is -1.19. The first-order chi connectivity index (χ1) is 14.6. The molecule has 1 aliphatic rings. The normalized spacial score (nSPS) is 11.6. The van der Waals surface area contributed by atoms with Crippen LogP contribution in [0, 0.1) is 0 Å². The maximum Gasteiger partial charge on any atom is 1.00 e. The van der Waals surface area contributed by atoms with Gasteiger partial charge in [0.15, 0.2) is 0 Å². The molecule has 3 aromatic carbocycles. The molecule has 0 radical (unpaired) electrons. The fourth-order valence-electron chi connectivity index (χ4n) is 3.86. The summed E-state index contributed by atoms with van der Waals surface area (Å²) in [5, 5.41) is 13.4. The summed E-state index contributed by atoms with van der Waals surface area (Å²) in [6.45, 7) is 0.199. The third-order valence-corrected chi connectivity index (χ3v) is 5.19. The summed E-state index contributed by atoms with van der Waals surface area (Å²) in [4.78, 5) is 23.2. The van der Waals surface area contributed by atoms with E-state index in [0.29, 0.717) is 17.0 Å². The summed E-state index contributed by atoms with van der Waals surface area (Å²) in [6.07, 6.45) is -0.843. The summed E-state index contributed by atoms with van der Waals surface area (Å²) in [7, 11) is 1.45. The van der Waals surface area contributed by atoms with Crippen molar-refractivity contribution < 1.29 is 53.7 Å². The van der Waals surface area contributed by atoms with Crippen LogP contribution in [0.4, 0.5) is 10.5 Å². The molecule has 1 aliphatic carbocycles. The van der Waals surface area contributed by atoms with Crippen LogP contribution in [0.25, 0.3) is 11.1 Å². The van der Waals surface area contributed by atoms with E-state index >= 15 is 0 Å². The number of rotatable bonds is 6. The molecule has 31 heavy (non-hydrogen) atoms. The summed E-state index contributed by atoms with van der Waals surface area (Å²) in [5.41, 5.74) is 5.51. The molecular weight excluding hydrogens is 405 g/mol. The van der Waals surface area contributed by atoms with E-state index in [9.17, 15) is 14.7 Å². The molecule has 3 aromatic rings. The summed E-state index contributed by atoms with van der Waals surface area (Å²) >= 11 is 0. The number of nitrogens with one attached hydrogen (secondary N) is 1. The number of hydrogen-bond donors (Lipinski definition) is 1. The second-order valence-corrected chi connectivity index (χ2v) is 7.03. The first kappa shape index (κ1) is 22.9. The van der Waals surface area contributed by atoms with Crippen LogP contribution in [0.3, 0.4) is 0 Å². The molecule has 7 heteroatoms. The minimum absolute atomic E-state index is 0. The Hall–Kier alpha value is -2.80. The van der Waals surface area contributed by atoms with Crippen LogP contribution >= 0.6 is 0 Å². The second kappa shape index (κ2) is 10.0. The van der Waals surface area contributed by atoms with Crippen LogP contribution in [0.5, 0.6) is 5.75 Å². The van der Waals surface area contributed by atoms with Crippen molar-refractivity contribution in [2.45, 2.75) is 12.3 Å². The summed E-state index contributed by atoms with van der Waals surface area (Å²) in [5.74, 6) is -0.868. The number of fused-ring (bicyclic) bond motifs is 3. The van der Waals surface area contributed by atoms with Crippen LogP contribution in [-0.2, 0) is 16.0 Å². The molecule has 4 rings (SSSR count). The maximum absolute atomic E-state index is 12.4. The molecular formula is C24H20NNaO5. The molecule has 0 spiro atoms. The number of benzene rings is 3. The number of ether oxygens (including phenoxy) is 2. The van der Waals surface area contributed by atoms with Crippen molar-refractivity contribution in [2.75, 3.05) is 19.0 Å². The second-order valence-electron chi connectivity index (χ2n) is 7.03. The van der Waals surface area contributed by atoms with Gasteiger partial charge < -0.3 is 19.4 Å². The Morgan fingerprint density at radius 2 is 1.58 bits per heavy atom. The van der Waals surface area contributed by atoms with Gasteiger partial charge in [-0.1, -0.05) is 54.6 Å². The number of anilines is 1. The van der Waals surface area contributed by atoms with Crippen molar-refractivity contribution in [1.29, 1.82) is 0 Å². The fourth-order valence-corrected chi connectivity index (χ4v) is 3.86. The van der Waals surface area contributed by atoms with Gasteiger partial charge in [-0.25, -0.2) is 4.79 Å². The zero-order chi connectivity index (χ0) is 21.1. The number of methoxy groups -OCH3 is 1. The van der Waals surface area contributed by atoms with E-state index < -0.39 is 12.1 Å². The number of hydrogen-bond acceptors (Lipinski definition) is 5. The van der Waals surface area contributed by atoms with Crippen LogP contribution in [0.2, 0.25) is 0 Å². The molecule has 0 bridgehead atoms. The van der Waals surface area contributed by atoms with E-state index in [2.05, 4.69) is 29.6 Å². The van der Waals surface area contributed by atoms with Crippen LogP contribution in [0.15, 0.2) is 66.7 Å². The standard InChI is InChI=1S/C24H21NO5.Na/c1-29-22-12-15(13-23(26)27)10-11-21(22)25-24(28)30-14-20-18-8-4-2-6-16(18)17-7-3-5-9-19(17)20;/h2-12,20H,13-14H2,1H3,(H,25,28)(H,26,27);/q;+1/p-1. The van der Waals surface area contributed by atoms with E-state index in [1.807, 2.05) is 24.3 Å². The van der Waals surface area contributed by atoms with Gasteiger partial charge in [0.1, 0.15) is 12.4 Å². The van der Waals surface area contributed by atoms with Crippen molar-refractivity contribution in [3.05, 3.63) is 83.4 Å². The molecule has 0 atom stereocenters. The molecule has 0 unspecified atom stereocenters. The fraction of sp³-hybridized carbons (Fsp3) is 0.167. The number of carboxylic acids is 1. The Morgan fingerprint density at radius 1 is 0.968 bits per heavy atom. The molecule has 0 saturated heterocycles. The number of amides is 1. The third kappa shape index (κ3) is 4.93. The van der Waals surface area contributed by atoms with Gasteiger partial charge in [-0.15, -0.1) is 0 Å². The van der Waals surface area contributed by atoms with E-state index in [1.165, 1.54) is 7.11 Å². The SMILES string of the molecule is COc1cc(CC(=O)[O-])ccc1NC(=O)OCC1c2ccccc2-c2ccccc21.[Na+]. The van der Waals surface area contributed by atoms with Crippen molar-refractivity contribution in [2.24, 2.45) is 0 Å². The maximum atomic E-state index is 12.4. The molecule has 1 N–H and O–H groups in total. The van der Waals surface area contributed by atoms with E-state index in [-0.39, 0.29) is 48.5 Å². The van der Waals surface area contributed by atoms with E-state index in [0.717, 1.165) is 22.3 Å². The molecule has 0 fully saturated rings. The topological polar surface area (TPSA) is 87.7 Å². The largest absolute Gasteiger partial charge is 1.00 e. The van der Waals surface area contributed by atoms with Gasteiger partial charge >= 0.3 is 35.7 Å². The molecule has 0 aliphatic heterocycles. The van der Waals surface area contributed by atoms with Gasteiger partial charge in [0.25, 0.3) is 0 Å². The number of carbonyl (C=O) groups is 2. The Bertz CT molecular complexity index is 1070. The van der Waals surface area contributed by atoms with E-state index in [1.54, 1.807) is 18.2 Å². The predicted octanol–water partition coefficient (Wildman–Crippen LogP) is 0.353. The summed E-state index contributed by atoms with van der Waals surface area (Å²) in [6, 6.07) is 21.0. The van der Waals surface area contributed by atoms with Crippen molar-refractivity contribution >= 4 is 17.7 Å². The van der Waals surface area contributed by atoms with E-state index in [4.69, 9.17) is 9.47 Å². The monoisotopic (exact) mass is 425 g/mol. The number of carboxylic acid groups (broad SMARTS) is 1. The Labute approximate surface area is 202 Å². The molecule has 0 heterocycles. The molecule has 6 nitrogen and oxygen atoms in total. The van der Waals surface area contributed by atoms with Gasteiger partial charge in [0.2, 0.25) is 0 Å². The third-order valence-electron chi connectivity index (χ3n) is 5.19. The molecule has 0 aromatic heterocycles. The minimum Gasteiger partial charge on any atom is -0.550 e. The molecule has 1 amide bonds. The first-order valence-electron chi connectivity index (χ1n) is 9.55. The first-order valence-corrected chi connectivity index (χ1v) is 9.55. The quantitative estimate of drug-likeness (QED) is 0.576.